The lowest BCUT2D eigenvalue weighted by Gasteiger charge is -2.39. The molecule has 23 heavy (non-hydrogen) atoms. The van der Waals surface area contributed by atoms with E-state index in [1.165, 1.54) is 0 Å². The number of nitrogens with zero attached hydrogens (tertiary/aromatic N) is 2. The van der Waals surface area contributed by atoms with E-state index < -0.39 is 0 Å². The Hall–Kier alpha value is -1.10. The normalized spacial score (nSPS) is 23.9. The van der Waals surface area contributed by atoms with Crippen molar-refractivity contribution in [3.63, 3.8) is 0 Å². The summed E-state index contributed by atoms with van der Waals surface area (Å²) in [6.45, 7) is 9.67. The van der Waals surface area contributed by atoms with Crippen molar-refractivity contribution in [3.05, 3.63) is 0 Å². The van der Waals surface area contributed by atoms with Crippen LogP contribution in [0, 0.1) is 17.3 Å². The lowest BCUT2D eigenvalue weighted by atomic mass is 9.90. The fourth-order valence-corrected chi connectivity index (χ4v) is 3.65. The van der Waals surface area contributed by atoms with Gasteiger partial charge in [-0.25, -0.2) is 0 Å². The molecule has 5 nitrogen and oxygen atoms in total. The SMILES string of the molecule is COCC1CCN(C(=O)[C@@H]2CCCN(C(=O)C(C)(C)C)C2)CC1. The zero-order valence-corrected chi connectivity index (χ0v) is 15.1. The lowest BCUT2D eigenvalue weighted by Crippen LogP contribution is -2.50. The molecule has 2 amide bonds. The predicted octanol–water partition coefficient (Wildman–Crippen LogP) is 2.16. The first-order chi connectivity index (χ1) is 10.8. The van der Waals surface area contributed by atoms with Gasteiger partial charge in [0.15, 0.2) is 0 Å². The van der Waals surface area contributed by atoms with E-state index in [-0.39, 0.29) is 23.1 Å². The van der Waals surface area contributed by atoms with Gasteiger partial charge in [0, 0.05) is 45.3 Å². The van der Waals surface area contributed by atoms with Gasteiger partial charge in [0.25, 0.3) is 0 Å². The Bertz CT molecular complexity index is 422. The monoisotopic (exact) mass is 324 g/mol. The molecule has 0 N–H and O–H groups in total. The van der Waals surface area contributed by atoms with Crippen molar-refractivity contribution in [2.24, 2.45) is 17.3 Å². The van der Waals surface area contributed by atoms with E-state index in [4.69, 9.17) is 4.74 Å². The minimum absolute atomic E-state index is 0.0194. The smallest absolute Gasteiger partial charge is 0.227 e. The molecular formula is C18H32N2O3. The number of methoxy groups -OCH3 is 1. The van der Waals surface area contributed by atoms with Crippen molar-refractivity contribution in [2.75, 3.05) is 39.9 Å². The molecule has 2 aliphatic rings. The number of hydrogen-bond acceptors (Lipinski definition) is 3. The van der Waals surface area contributed by atoms with Gasteiger partial charge in [0.05, 0.1) is 5.92 Å². The van der Waals surface area contributed by atoms with Gasteiger partial charge in [-0.2, -0.15) is 0 Å². The van der Waals surface area contributed by atoms with Gasteiger partial charge >= 0.3 is 0 Å². The maximum atomic E-state index is 12.8. The highest BCUT2D eigenvalue weighted by Crippen LogP contribution is 2.26. The molecular weight excluding hydrogens is 292 g/mol. The molecule has 2 fully saturated rings. The van der Waals surface area contributed by atoms with Gasteiger partial charge in [0.2, 0.25) is 11.8 Å². The van der Waals surface area contributed by atoms with Crippen LogP contribution in [0.4, 0.5) is 0 Å². The Morgan fingerprint density at radius 1 is 1.04 bits per heavy atom. The highest BCUT2D eigenvalue weighted by atomic mass is 16.5. The summed E-state index contributed by atoms with van der Waals surface area (Å²) in [5.74, 6) is 0.962. The van der Waals surface area contributed by atoms with Crippen LogP contribution >= 0.6 is 0 Å². The average Bonchev–Trinajstić information content (AvgIpc) is 2.54. The van der Waals surface area contributed by atoms with Crippen molar-refractivity contribution in [1.82, 2.24) is 9.80 Å². The quantitative estimate of drug-likeness (QED) is 0.799. The Morgan fingerprint density at radius 2 is 1.70 bits per heavy atom. The molecule has 0 aliphatic carbocycles. The van der Waals surface area contributed by atoms with E-state index in [1.807, 2.05) is 30.6 Å². The van der Waals surface area contributed by atoms with E-state index in [0.29, 0.717) is 12.5 Å². The number of carbonyl (C=O) groups excluding carboxylic acids is 2. The van der Waals surface area contributed by atoms with Crippen LogP contribution < -0.4 is 0 Å². The van der Waals surface area contributed by atoms with Gasteiger partial charge in [-0.3, -0.25) is 9.59 Å². The summed E-state index contributed by atoms with van der Waals surface area (Å²) in [6.07, 6.45) is 3.89. The summed E-state index contributed by atoms with van der Waals surface area (Å²) in [6, 6.07) is 0. The maximum Gasteiger partial charge on any atom is 0.227 e. The average molecular weight is 324 g/mol. The molecule has 0 aromatic rings. The van der Waals surface area contributed by atoms with E-state index >= 15 is 0 Å². The van der Waals surface area contributed by atoms with Crippen LogP contribution in [0.15, 0.2) is 0 Å². The lowest BCUT2D eigenvalue weighted by molar-refractivity contribution is -0.146. The number of likely N-dealkylation sites (tertiary alicyclic amines) is 2. The van der Waals surface area contributed by atoms with Gasteiger partial charge in [-0.15, -0.1) is 0 Å². The molecule has 5 heteroatoms. The van der Waals surface area contributed by atoms with Crippen molar-refractivity contribution in [1.29, 1.82) is 0 Å². The number of carbonyl (C=O) groups is 2. The van der Waals surface area contributed by atoms with Crippen LogP contribution in [-0.4, -0.2) is 61.5 Å². The summed E-state index contributed by atoms with van der Waals surface area (Å²) in [4.78, 5) is 29.2. The molecule has 0 bridgehead atoms. The molecule has 0 aromatic heterocycles. The van der Waals surface area contributed by atoms with Crippen LogP contribution in [0.2, 0.25) is 0 Å². The summed E-state index contributed by atoms with van der Waals surface area (Å²) in [7, 11) is 1.74. The molecule has 0 aromatic carbocycles. The highest BCUT2D eigenvalue weighted by molar-refractivity contribution is 5.84. The number of rotatable bonds is 3. The predicted molar refractivity (Wildman–Crippen MR) is 89.9 cm³/mol. The summed E-state index contributed by atoms with van der Waals surface area (Å²) in [5, 5.41) is 0. The summed E-state index contributed by atoms with van der Waals surface area (Å²) >= 11 is 0. The summed E-state index contributed by atoms with van der Waals surface area (Å²) in [5.41, 5.74) is -0.372. The van der Waals surface area contributed by atoms with E-state index in [2.05, 4.69) is 0 Å². The number of amides is 2. The Kier molecular flexibility index (Phi) is 6.06. The molecule has 132 valence electrons. The Balaban J connectivity index is 1.89. The second kappa shape index (κ2) is 7.65. The van der Waals surface area contributed by atoms with Crippen molar-refractivity contribution in [2.45, 2.75) is 46.5 Å². The van der Waals surface area contributed by atoms with Gasteiger partial charge in [-0.1, -0.05) is 20.8 Å². The minimum Gasteiger partial charge on any atom is -0.384 e. The van der Waals surface area contributed by atoms with Gasteiger partial charge in [-0.05, 0) is 31.6 Å². The van der Waals surface area contributed by atoms with E-state index in [0.717, 1.165) is 51.9 Å². The number of piperidine rings is 2. The molecule has 1 atom stereocenters. The van der Waals surface area contributed by atoms with Crippen LogP contribution in [0.5, 0.6) is 0 Å². The van der Waals surface area contributed by atoms with Crippen molar-refractivity contribution in [3.8, 4) is 0 Å². The van der Waals surface area contributed by atoms with Crippen LogP contribution in [-0.2, 0) is 14.3 Å². The Morgan fingerprint density at radius 3 is 2.26 bits per heavy atom. The topological polar surface area (TPSA) is 49.9 Å². The van der Waals surface area contributed by atoms with Crippen molar-refractivity contribution >= 4 is 11.8 Å². The maximum absolute atomic E-state index is 12.8. The van der Waals surface area contributed by atoms with Gasteiger partial charge in [0.1, 0.15) is 0 Å². The molecule has 2 saturated heterocycles. The van der Waals surface area contributed by atoms with Crippen molar-refractivity contribution < 1.29 is 14.3 Å². The molecule has 2 aliphatic heterocycles. The second-order valence-electron chi connectivity index (χ2n) is 8.06. The van der Waals surface area contributed by atoms with E-state index in [9.17, 15) is 9.59 Å². The van der Waals surface area contributed by atoms with E-state index in [1.54, 1.807) is 7.11 Å². The first kappa shape index (κ1) is 18.2. The molecule has 2 rings (SSSR count). The number of hydrogen-bond donors (Lipinski definition) is 0. The zero-order chi connectivity index (χ0) is 17.0. The molecule has 0 saturated carbocycles. The minimum atomic E-state index is -0.372. The molecule has 0 unspecified atom stereocenters. The fraction of sp³-hybridized carbons (Fsp3) is 0.889. The van der Waals surface area contributed by atoms with Crippen LogP contribution in [0.25, 0.3) is 0 Å². The fourth-order valence-electron chi connectivity index (χ4n) is 3.65. The molecule has 0 radical (unpaired) electrons. The van der Waals surface area contributed by atoms with Crippen LogP contribution in [0.3, 0.4) is 0 Å². The third-order valence-corrected chi connectivity index (χ3v) is 5.03. The largest absolute Gasteiger partial charge is 0.384 e. The Labute approximate surface area is 140 Å². The number of ether oxygens (including phenoxy) is 1. The standard InChI is InChI=1S/C18H32N2O3/c1-18(2,3)17(22)20-9-5-6-15(12-20)16(21)19-10-7-14(8-11-19)13-23-4/h14-15H,5-13H2,1-4H3/t15-/m1/s1. The first-order valence-corrected chi connectivity index (χ1v) is 8.90. The van der Waals surface area contributed by atoms with Gasteiger partial charge < -0.3 is 14.5 Å². The summed E-state index contributed by atoms with van der Waals surface area (Å²) < 4.78 is 5.22. The zero-order valence-electron chi connectivity index (χ0n) is 15.1. The van der Waals surface area contributed by atoms with Crippen LogP contribution in [0.1, 0.15) is 46.5 Å². The third kappa shape index (κ3) is 4.69. The first-order valence-electron chi connectivity index (χ1n) is 8.90. The highest BCUT2D eigenvalue weighted by Gasteiger charge is 2.35. The second-order valence-corrected chi connectivity index (χ2v) is 8.06. The molecule has 2 heterocycles. The molecule has 0 spiro atoms. The third-order valence-electron chi connectivity index (χ3n) is 5.03.